The number of aromatic nitrogens is 2. The minimum absolute atomic E-state index is 0.105. The normalized spacial score (nSPS) is 10.2. The number of halogens is 1. The summed E-state index contributed by atoms with van der Waals surface area (Å²) in [4.78, 5) is 11.5. The highest BCUT2D eigenvalue weighted by Crippen LogP contribution is 2.10. The Bertz CT molecular complexity index is 551. The van der Waals surface area contributed by atoms with Gasteiger partial charge in [-0.05, 0) is 24.3 Å². The van der Waals surface area contributed by atoms with E-state index in [0.717, 1.165) is 5.56 Å². The van der Waals surface area contributed by atoms with Crippen molar-refractivity contribution in [2.24, 2.45) is 7.05 Å². The van der Waals surface area contributed by atoms with Gasteiger partial charge in [-0.1, -0.05) is 0 Å². The van der Waals surface area contributed by atoms with Crippen LogP contribution in [0, 0.1) is 5.82 Å². The van der Waals surface area contributed by atoms with Crippen LogP contribution in [0.3, 0.4) is 0 Å². The third-order valence-electron chi connectivity index (χ3n) is 2.43. The molecule has 2 rings (SSSR count). The Hall–Kier alpha value is -2.37. The average Bonchev–Trinajstić information content (AvgIpc) is 2.81. The summed E-state index contributed by atoms with van der Waals surface area (Å²) in [5.74, 6) is -0.125. The second kappa shape index (κ2) is 5.99. The van der Waals surface area contributed by atoms with Crippen molar-refractivity contribution in [3.63, 3.8) is 0 Å². The maximum Gasteiger partial charge on any atom is 0.258 e. The SMILES string of the molecule is Cn1cc(CNC(=O)COc2ccc(F)cc2)cn1. The Morgan fingerprint density at radius 1 is 1.42 bits per heavy atom. The average molecular weight is 263 g/mol. The second-order valence-electron chi connectivity index (χ2n) is 4.04. The van der Waals surface area contributed by atoms with Crippen LogP contribution in [0.2, 0.25) is 0 Å². The van der Waals surface area contributed by atoms with Gasteiger partial charge in [0.15, 0.2) is 6.61 Å². The first-order valence-electron chi connectivity index (χ1n) is 5.76. The minimum atomic E-state index is -0.339. The number of carbonyl (C=O) groups excluding carboxylic acids is 1. The lowest BCUT2D eigenvalue weighted by Crippen LogP contribution is -2.28. The molecule has 1 heterocycles. The first-order chi connectivity index (χ1) is 9.13. The van der Waals surface area contributed by atoms with Crippen LogP contribution in [-0.2, 0) is 18.4 Å². The third-order valence-corrected chi connectivity index (χ3v) is 2.43. The van der Waals surface area contributed by atoms with E-state index in [0.29, 0.717) is 12.3 Å². The quantitative estimate of drug-likeness (QED) is 0.883. The van der Waals surface area contributed by atoms with E-state index in [9.17, 15) is 9.18 Å². The third kappa shape index (κ3) is 4.09. The van der Waals surface area contributed by atoms with Crippen molar-refractivity contribution in [3.05, 3.63) is 48.0 Å². The molecule has 2 aromatic rings. The van der Waals surface area contributed by atoms with E-state index in [4.69, 9.17) is 4.74 Å². The van der Waals surface area contributed by atoms with Crippen LogP contribution in [0.15, 0.2) is 36.7 Å². The molecule has 0 spiro atoms. The predicted octanol–water partition coefficient (Wildman–Crippen LogP) is 1.25. The fourth-order valence-corrected chi connectivity index (χ4v) is 1.49. The zero-order valence-electron chi connectivity index (χ0n) is 10.5. The molecule has 0 fully saturated rings. The number of carbonyl (C=O) groups is 1. The Morgan fingerprint density at radius 2 is 2.16 bits per heavy atom. The van der Waals surface area contributed by atoms with Crippen LogP contribution in [0.5, 0.6) is 5.75 Å². The molecule has 0 unspecified atom stereocenters. The van der Waals surface area contributed by atoms with Gasteiger partial charge in [-0.15, -0.1) is 0 Å². The van der Waals surface area contributed by atoms with Gasteiger partial charge in [-0.25, -0.2) is 4.39 Å². The summed E-state index contributed by atoms with van der Waals surface area (Å²) in [5.41, 5.74) is 0.914. The van der Waals surface area contributed by atoms with Crippen LogP contribution in [0.25, 0.3) is 0 Å². The summed E-state index contributed by atoms with van der Waals surface area (Å²) in [7, 11) is 1.81. The van der Waals surface area contributed by atoms with Gasteiger partial charge in [0, 0.05) is 25.4 Å². The lowest BCUT2D eigenvalue weighted by molar-refractivity contribution is -0.123. The molecule has 0 aliphatic heterocycles. The van der Waals surface area contributed by atoms with Gasteiger partial charge in [0.1, 0.15) is 11.6 Å². The number of rotatable bonds is 5. The van der Waals surface area contributed by atoms with Gasteiger partial charge in [0.2, 0.25) is 0 Å². The van der Waals surface area contributed by atoms with Crippen molar-refractivity contribution in [2.75, 3.05) is 6.61 Å². The van der Waals surface area contributed by atoms with Crippen LogP contribution in [0.4, 0.5) is 4.39 Å². The molecule has 0 aliphatic rings. The summed E-state index contributed by atoms with van der Waals surface area (Å²) in [6.07, 6.45) is 3.50. The molecule has 0 radical (unpaired) electrons. The summed E-state index contributed by atoms with van der Waals surface area (Å²) < 4.78 is 19.5. The van der Waals surface area contributed by atoms with E-state index in [1.165, 1.54) is 24.3 Å². The molecule has 6 heteroatoms. The van der Waals surface area contributed by atoms with Crippen LogP contribution < -0.4 is 10.1 Å². The Labute approximate surface area is 110 Å². The highest BCUT2D eigenvalue weighted by molar-refractivity contribution is 5.77. The van der Waals surface area contributed by atoms with E-state index < -0.39 is 0 Å². The lowest BCUT2D eigenvalue weighted by atomic mass is 10.3. The fraction of sp³-hybridized carbons (Fsp3) is 0.231. The van der Waals surface area contributed by atoms with Gasteiger partial charge in [0.25, 0.3) is 5.91 Å². The smallest absolute Gasteiger partial charge is 0.258 e. The zero-order chi connectivity index (χ0) is 13.7. The van der Waals surface area contributed by atoms with Crippen molar-refractivity contribution in [3.8, 4) is 5.75 Å². The number of nitrogens with one attached hydrogen (secondary N) is 1. The van der Waals surface area contributed by atoms with Gasteiger partial charge in [0.05, 0.1) is 6.20 Å². The fourth-order valence-electron chi connectivity index (χ4n) is 1.49. The number of ether oxygens (including phenoxy) is 1. The number of amides is 1. The highest BCUT2D eigenvalue weighted by atomic mass is 19.1. The van der Waals surface area contributed by atoms with Crippen LogP contribution in [0.1, 0.15) is 5.56 Å². The number of aryl methyl sites for hydroxylation is 1. The number of nitrogens with zero attached hydrogens (tertiary/aromatic N) is 2. The van der Waals surface area contributed by atoms with Crippen molar-refractivity contribution in [1.82, 2.24) is 15.1 Å². The Balaban J connectivity index is 1.74. The second-order valence-corrected chi connectivity index (χ2v) is 4.04. The summed E-state index contributed by atoms with van der Waals surface area (Å²) in [6, 6.07) is 5.51. The summed E-state index contributed by atoms with van der Waals surface area (Å²) >= 11 is 0. The van der Waals surface area contributed by atoms with Crippen molar-refractivity contribution in [1.29, 1.82) is 0 Å². The zero-order valence-corrected chi connectivity index (χ0v) is 10.5. The van der Waals surface area contributed by atoms with Crippen LogP contribution >= 0.6 is 0 Å². The molecular formula is C13H14FN3O2. The maximum atomic E-state index is 12.7. The standard InChI is InChI=1S/C13H14FN3O2/c1-17-8-10(7-16-17)6-15-13(18)9-19-12-4-2-11(14)3-5-12/h2-5,7-8H,6,9H2,1H3,(H,15,18). The molecule has 1 N–H and O–H groups in total. The molecule has 0 saturated heterocycles. The summed E-state index contributed by atoms with van der Waals surface area (Å²) in [5, 5.41) is 6.70. The van der Waals surface area contributed by atoms with Crippen molar-refractivity contribution in [2.45, 2.75) is 6.54 Å². The number of hydrogen-bond donors (Lipinski definition) is 1. The summed E-state index contributed by atoms with van der Waals surface area (Å²) in [6.45, 7) is 0.297. The molecular weight excluding hydrogens is 249 g/mol. The molecule has 5 nitrogen and oxygen atoms in total. The largest absolute Gasteiger partial charge is 0.484 e. The molecule has 1 aromatic carbocycles. The Kier molecular flexibility index (Phi) is 4.12. The van der Waals surface area contributed by atoms with Crippen LogP contribution in [-0.4, -0.2) is 22.3 Å². The monoisotopic (exact) mass is 263 g/mol. The molecule has 0 atom stereocenters. The Morgan fingerprint density at radius 3 is 2.79 bits per heavy atom. The highest BCUT2D eigenvalue weighted by Gasteiger charge is 2.04. The maximum absolute atomic E-state index is 12.7. The molecule has 100 valence electrons. The first-order valence-corrected chi connectivity index (χ1v) is 5.76. The van der Waals surface area contributed by atoms with Gasteiger partial charge in [-0.2, -0.15) is 5.10 Å². The number of benzene rings is 1. The molecule has 0 bridgehead atoms. The molecule has 0 saturated carbocycles. The lowest BCUT2D eigenvalue weighted by Gasteiger charge is -2.06. The van der Waals surface area contributed by atoms with Crippen molar-refractivity contribution < 1.29 is 13.9 Å². The molecule has 0 aliphatic carbocycles. The number of hydrogen-bond acceptors (Lipinski definition) is 3. The van der Waals surface area contributed by atoms with E-state index in [1.54, 1.807) is 10.9 Å². The molecule has 19 heavy (non-hydrogen) atoms. The van der Waals surface area contributed by atoms with E-state index in [2.05, 4.69) is 10.4 Å². The predicted molar refractivity (Wildman–Crippen MR) is 66.9 cm³/mol. The molecule has 1 aromatic heterocycles. The molecule has 1 amide bonds. The minimum Gasteiger partial charge on any atom is -0.484 e. The van der Waals surface area contributed by atoms with E-state index >= 15 is 0 Å². The topological polar surface area (TPSA) is 56.2 Å². The van der Waals surface area contributed by atoms with E-state index in [-0.39, 0.29) is 18.3 Å². The van der Waals surface area contributed by atoms with Gasteiger partial charge in [-0.3, -0.25) is 9.48 Å². The van der Waals surface area contributed by atoms with Crippen molar-refractivity contribution >= 4 is 5.91 Å². The van der Waals surface area contributed by atoms with Gasteiger partial charge < -0.3 is 10.1 Å². The first kappa shape index (κ1) is 13.1. The van der Waals surface area contributed by atoms with E-state index in [1.807, 2.05) is 13.2 Å². The van der Waals surface area contributed by atoms with Gasteiger partial charge >= 0.3 is 0 Å².